The van der Waals surface area contributed by atoms with Gasteiger partial charge < -0.3 is 15.0 Å². The standard InChI is InChI=1S/C15H21N5/c1-16-15(19-12-6-2-3-7-12)17-10-13-11-20-9-5-4-8-14(20)18-13/h4-5,8-9,11-12H,2-3,6-7,10H2,1H3,(H2,16,17,19). The second-order valence-corrected chi connectivity index (χ2v) is 5.25. The van der Waals surface area contributed by atoms with Crippen LogP contribution in [0.3, 0.4) is 0 Å². The van der Waals surface area contributed by atoms with Crippen LogP contribution in [0.1, 0.15) is 31.4 Å². The average Bonchev–Trinajstić information content (AvgIpc) is 3.12. The van der Waals surface area contributed by atoms with Gasteiger partial charge in [0.05, 0.1) is 12.2 Å². The molecule has 0 amide bonds. The van der Waals surface area contributed by atoms with E-state index in [1.54, 1.807) is 0 Å². The van der Waals surface area contributed by atoms with Crippen LogP contribution in [0.15, 0.2) is 35.6 Å². The quantitative estimate of drug-likeness (QED) is 0.662. The number of pyridine rings is 1. The molecule has 106 valence electrons. The molecule has 1 saturated carbocycles. The molecule has 2 heterocycles. The molecule has 0 saturated heterocycles. The molecule has 0 bridgehead atoms. The highest BCUT2D eigenvalue weighted by molar-refractivity contribution is 5.79. The summed E-state index contributed by atoms with van der Waals surface area (Å²) in [6.07, 6.45) is 9.19. The van der Waals surface area contributed by atoms with Crippen molar-refractivity contribution < 1.29 is 0 Å². The van der Waals surface area contributed by atoms with E-state index in [1.165, 1.54) is 25.7 Å². The summed E-state index contributed by atoms with van der Waals surface area (Å²) >= 11 is 0. The number of nitrogens with one attached hydrogen (secondary N) is 2. The van der Waals surface area contributed by atoms with Crippen LogP contribution in [-0.4, -0.2) is 28.4 Å². The van der Waals surface area contributed by atoms with Gasteiger partial charge in [-0.25, -0.2) is 4.98 Å². The lowest BCUT2D eigenvalue weighted by molar-refractivity contribution is 0.613. The highest BCUT2D eigenvalue weighted by Gasteiger charge is 2.15. The number of aromatic nitrogens is 2. The predicted octanol–water partition coefficient (Wildman–Crippen LogP) is 1.94. The van der Waals surface area contributed by atoms with Crippen LogP contribution in [0.4, 0.5) is 0 Å². The second-order valence-electron chi connectivity index (χ2n) is 5.25. The molecule has 0 radical (unpaired) electrons. The number of rotatable bonds is 3. The van der Waals surface area contributed by atoms with E-state index in [1.807, 2.05) is 42.0 Å². The molecule has 0 spiro atoms. The van der Waals surface area contributed by atoms with Crippen LogP contribution in [0.25, 0.3) is 5.65 Å². The van der Waals surface area contributed by atoms with Crippen molar-refractivity contribution in [3.05, 3.63) is 36.3 Å². The van der Waals surface area contributed by atoms with Gasteiger partial charge >= 0.3 is 0 Å². The van der Waals surface area contributed by atoms with Gasteiger partial charge in [-0.2, -0.15) is 0 Å². The highest BCUT2D eigenvalue weighted by Crippen LogP contribution is 2.17. The normalized spacial score (nSPS) is 16.8. The van der Waals surface area contributed by atoms with Gasteiger partial charge in [-0.15, -0.1) is 0 Å². The minimum atomic E-state index is 0.572. The van der Waals surface area contributed by atoms with Gasteiger partial charge in [-0.05, 0) is 25.0 Å². The minimum Gasteiger partial charge on any atom is -0.354 e. The molecule has 5 heteroatoms. The van der Waals surface area contributed by atoms with Gasteiger partial charge in [-0.1, -0.05) is 18.9 Å². The van der Waals surface area contributed by atoms with E-state index in [2.05, 4.69) is 20.6 Å². The Morgan fingerprint density at radius 2 is 2.25 bits per heavy atom. The Kier molecular flexibility index (Phi) is 3.85. The van der Waals surface area contributed by atoms with Crippen molar-refractivity contribution in [3.8, 4) is 0 Å². The van der Waals surface area contributed by atoms with Gasteiger partial charge in [0.25, 0.3) is 0 Å². The van der Waals surface area contributed by atoms with Crippen molar-refractivity contribution in [2.24, 2.45) is 4.99 Å². The van der Waals surface area contributed by atoms with Crippen LogP contribution >= 0.6 is 0 Å². The third kappa shape index (κ3) is 2.92. The number of nitrogens with zero attached hydrogens (tertiary/aromatic N) is 3. The van der Waals surface area contributed by atoms with E-state index in [9.17, 15) is 0 Å². The van der Waals surface area contributed by atoms with E-state index >= 15 is 0 Å². The van der Waals surface area contributed by atoms with Crippen LogP contribution in [0, 0.1) is 0 Å². The Morgan fingerprint density at radius 3 is 3.00 bits per heavy atom. The number of fused-ring (bicyclic) bond motifs is 1. The maximum atomic E-state index is 4.57. The fourth-order valence-corrected chi connectivity index (χ4v) is 2.70. The summed E-state index contributed by atoms with van der Waals surface area (Å²) in [7, 11) is 1.81. The zero-order chi connectivity index (χ0) is 13.8. The molecule has 1 aliphatic rings. The molecule has 5 nitrogen and oxygen atoms in total. The summed E-state index contributed by atoms with van der Waals surface area (Å²) in [6, 6.07) is 6.59. The van der Waals surface area contributed by atoms with Crippen molar-refractivity contribution in [1.82, 2.24) is 20.0 Å². The number of aliphatic imine (C=N–C) groups is 1. The van der Waals surface area contributed by atoms with Crippen LogP contribution in [0.5, 0.6) is 0 Å². The van der Waals surface area contributed by atoms with E-state index in [0.717, 1.165) is 17.3 Å². The smallest absolute Gasteiger partial charge is 0.191 e. The van der Waals surface area contributed by atoms with E-state index < -0.39 is 0 Å². The second kappa shape index (κ2) is 5.94. The summed E-state index contributed by atoms with van der Waals surface area (Å²) in [5, 5.41) is 6.81. The third-order valence-corrected chi connectivity index (χ3v) is 3.77. The molecule has 2 aromatic rings. The first-order chi connectivity index (χ1) is 9.85. The molecule has 2 N–H and O–H groups in total. The summed E-state index contributed by atoms with van der Waals surface area (Å²) in [6.45, 7) is 0.689. The molecule has 0 aromatic carbocycles. The number of hydrogen-bond donors (Lipinski definition) is 2. The zero-order valence-electron chi connectivity index (χ0n) is 11.8. The molecule has 1 aliphatic carbocycles. The van der Waals surface area contributed by atoms with E-state index in [-0.39, 0.29) is 0 Å². The van der Waals surface area contributed by atoms with Crippen molar-refractivity contribution in [2.75, 3.05) is 7.05 Å². The van der Waals surface area contributed by atoms with E-state index in [0.29, 0.717) is 12.6 Å². The summed E-state index contributed by atoms with van der Waals surface area (Å²) < 4.78 is 2.03. The maximum Gasteiger partial charge on any atom is 0.191 e. The third-order valence-electron chi connectivity index (χ3n) is 3.77. The fraction of sp³-hybridized carbons (Fsp3) is 0.467. The Balaban J connectivity index is 1.59. The lowest BCUT2D eigenvalue weighted by atomic mass is 10.2. The lowest BCUT2D eigenvalue weighted by Crippen LogP contribution is -2.41. The van der Waals surface area contributed by atoms with Gasteiger partial charge in [0, 0.05) is 25.5 Å². The number of hydrogen-bond acceptors (Lipinski definition) is 2. The SMILES string of the molecule is CN=C(NCc1cn2ccccc2n1)NC1CCCC1. The first-order valence-electron chi connectivity index (χ1n) is 7.25. The van der Waals surface area contributed by atoms with Crippen molar-refractivity contribution in [2.45, 2.75) is 38.3 Å². The van der Waals surface area contributed by atoms with Gasteiger partial charge in [0.15, 0.2) is 5.96 Å². The fourth-order valence-electron chi connectivity index (χ4n) is 2.70. The molecule has 0 aliphatic heterocycles. The average molecular weight is 271 g/mol. The zero-order valence-corrected chi connectivity index (χ0v) is 11.8. The molecule has 1 fully saturated rings. The van der Waals surface area contributed by atoms with Crippen molar-refractivity contribution in [3.63, 3.8) is 0 Å². The largest absolute Gasteiger partial charge is 0.354 e. The molecular formula is C15H21N5. The highest BCUT2D eigenvalue weighted by atomic mass is 15.2. The Hall–Kier alpha value is -2.04. The number of imidazole rings is 1. The monoisotopic (exact) mass is 271 g/mol. The molecular weight excluding hydrogens is 250 g/mol. The van der Waals surface area contributed by atoms with E-state index in [4.69, 9.17) is 0 Å². The van der Waals surface area contributed by atoms with Crippen LogP contribution in [0.2, 0.25) is 0 Å². The first-order valence-corrected chi connectivity index (χ1v) is 7.25. The Morgan fingerprint density at radius 1 is 1.40 bits per heavy atom. The number of guanidine groups is 1. The van der Waals surface area contributed by atoms with Crippen LogP contribution < -0.4 is 10.6 Å². The molecule has 20 heavy (non-hydrogen) atoms. The Bertz CT molecular complexity index is 562. The van der Waals surface area contributed by atoms with Crippen molar-refractivity contribution >= 4 is 11.6 Å². The summed E-state index contributed by atoms with van der Waals surface area (Å²) in [4.78, 5) is 8.85. The van der Waals surface area contributed by atoms with Gasteiger partial charge in [0.2, 0.25) is 0 Å². The molecule has 0 unspecified atom stereocenters. The lowest BCUT2D eigenvalue weighted by Gasteiger charge is -2.16. The maximum absolute atomic E-state index is 4.57. The topological polar surface area (TPSA) is 53.7 Å². The van der Waals surface area contributed by atoms with Crippen LogP contribution in [-0.2, 0) is 6.54 Å². The molecule has 2 aromatic heterocycles. The first kappa shape index (κ1) is 13.0. The summed E-state index contributed by atoms with van der Waals surface area (Å²) in [5.74, 6) is 0.869. The summed E-state index contributed by atoms with van der Waals surface area (Å²) in [5.41, 5.74) is 1.99. The molecule has 3 rings (SSSR count). The van der Waals surface area contributed by atoms with Gasteiger partial charge in [-0.3, -0.25) is 4.99 Å². The van der Waals surface area contributed by atoms with Gasteiger partial charge in [0.1, 0.15) is 5.65 Å². The minimum absolute atomic E-state index is 0.572. The molecule has 0 atom stereocenters. The Labute approximate surface area is 119 Å². The predicted molar refractivity (Wildman–Crippen MR) is 80.8 cm³/mol. The van der Waals surface area contributed by atoms with Crippen molar-refractivity contribution in [1.29, 1.82) is 0 Å².